The lowest BCUT2D eigenvalue weighted by Gasteiger charge is -2.17. The van der Waals surface area contributed by atoms with Crippen LogP contribution in [0.25, 0.3) is 16.8 Å². The number of ether oxygens (including phenoxy) is 1. The summed E-state index contributed by atoms with van der Waals surface area (Å²) >= 11 is 0. The van der Waals surface area contributed by atoms with Crippen molar-refractivity contribution in [1.29, 1.82) is 5.26 Å². The van der Waals surface area contributed by atoms with Crippen molar-refractivity contribution in [2.75, 3.05) is 26.2 Å². The molecule has 2 aromatic rings. The smallest absolute Gasteiger partial charge is 0.346 e. The van der Waals surface area contributed by atoms with Gasteiger partial charge in [-0.15, -0.1) is 0 Å². The summed E-state index contributed by atoms with van der Waals surface area (Å²) in [5.74, 6) is -0.634. The van der Waals surface area contributed by atoms with Gasteiger partial charge in [-0.25, -0.2) is 4.79 Å². The van der Waals surface area contributed by atoms with E-state index in [1.54, 1.807) is 6.07 Å². The Kier molecular flexibility index (Phi) is 5.32. The van der Waals surface area contributed by atoms with Gasteiger partial charge in [0.05, 0.1) is 0 Å². The number of aliphatic carboxylic acids is 1. The molecule has 5 nitrogen and oxygen atoms in total. The van der Waals surface area contributed by atoms with E-state index in [9.17, 15) is 9.90 Å². The minimum absolute atomic E-state index is 0.305. The summed E-state index contributed by atoms with van der Waals surface area (Å²) in [6, 6.07) is 13.2. The van der Waals surface area contributed by atoms with Crippen LogP contribution in [-0.4, -0.2) is 42.2 Å². The number of rotatable bonds is 6. The van der Waals surface area contributed by atoms with E-state index in [0.29, 0.717) is 17.9 Å². The molecule has 0 bridgehead atoms. The summed E-state index contributed by atoms with van der Waals surface area (Å²) in [6.45, 7) is 3.59. The summed E-state index contributed by atoms with van der Waals surface area (Å²) < 4.78 is 5.94. The molecule has 5 heteroatoms. The molecule has 3 rings (SSSR count). The highest BCUT2D eigenvalue weighted by molar-refractivity contribution is 6.01. The Balaban J connectivity index is 1.92. The van der Waals surface area contributed by atoms with Crippen LogP contribution in [0.2, 0.25) is 0 Å². The molecule has 0 unspecified atom stereocenters. The van der Waals surface area contributed by atoms with Crippen molar-refractivity contribution in [3.8, 4) is 11.8 Å². The van der Waals surface area contributed by atoms with Gasteiger partial charge in [-0.3, -0.25) is 4.90 Å². The van der Waals surface area contributed by atoms with Crippen LogP contribution in [0.4, 0.5) is 0 Å². The highest BCUT2D eigenvalue weighted by atomic mass is 16.5. The molecule has 1 aliphatic heterocycles. The molecule has 0 amide bonds. The quantitative estimate of drug-likeness (QED) is 0.647. The molecule has 0 atom stereocenters. The van der Waals surface area contributed by atoms with E-state index in [2.05, 4.69) is 4.90 Å². The molecular weight excluding hydrogens is 316 g/mol. The maximum absolute atomic E-state index is 11.2. The standard InChI is InChI=1S/C20H20N2O3/c21-14-16(20(23)24)13-18-17-6-2-1-5-15(17)7-8-19(18)25-12-11-22-9-3-4-10-22/h1-2,5-8,13H,3-4,9-12H2,(H,23,24). The number of fused-ring (bicyclic) bond motifs is 1. The van der Waals surface area contributed by atoms with Gasteiger partial charge < -0.3 is 9.84 Å². The van der Waals surface area contributed by atoms with Gasteiger partial charge in [0.25, 0.3) is 0 Å². The van der Waals surface area contributed by atoms with Crippen LogP contribution < -0.4 is 4.74 Å². The van der Waals surface area contributed by atoms with Crippen LogP contribution in [0, 0.1) is 11.3 Å². The summed E-state index contributed by atoms with van der Waals surface area (Å²) in [4.78, 5) is 13.6. The van der Waals surface area contributed by atoms with Gasteiger partial charge >= 0.3 is 5.97 Å². The third-order valence-corrected chi connectivity index (χ3v) is 4.43. The van der Waals surface area contributed by atoms with Crippen molar-refractivity contribution in [3.63, 3.8) is 0 Å². The van der Waals surface area contributed by atoms with Gasteiger partial charge in [0.1, 0.15) is 24.0 Å². The van der Waals surface area contributed by atoms with Crippen LogP contribution in [0.3, 0.4) is 0 Å². The molecule has 0 saturated carbocycles. The Bertz CT molecular complexity index is 846. The molecule has 128 valence electrons. The normalized spacial score (nSPS) is 15.2. The van der Waals surface area contributed by atoms with Gasteiger partial charge in [-0.2, -0.15) is 5.26 Å². The van der Waals surface area contributed by atoms with Crippen molar-refractivity contribution >= 4 is 22.8 Å². The first-order chi connectivity index (χ1) is 12.2. The minimum atomic E-state index is -1.24. The largest absolute Gasteiger partial charge is 0.492 e. The van der Waals surface area contributed by atoms with Crippen LogP contribution in [-0.2, 0) is 4.79 Å². The Hall–Kier alpha value is -2.84. The number of carboxylic acids is 1. The number of carbonyl (C=O) groups is 1. The Morgan fingerprint density at radius 3 is 2.72 bits per heavy atom. The van der Waals surface area contributed by atoms with Crippen LogP contribution in [0.5, 0.6) is 5.75 Å². The van der Waals surface area contributed by atoms with Crippen molar-refractivity contribution < 1.29 is 14.6 Å². The number of nitriles is 1. The fraction of sp³-hybridized carbons (Fsp3) is 0.300. The molecule has 0 spiro atoms. The molecule has 1 fully saturated rings. The maximum Gasteiger partial charge on any atom is 0.346 e. The summed E-state index contributed by atoms with van der Waals surface area (Å²) in [5.41, 5.74) is 0.333. The van der Waals surface area contributed by atoms with Gasteiger partial charge in [0.15, 0.2) is 0 Å². The zero-order valence-corrected chi connectivity index (χ0v) is 13.9. The lowest BCUT2D eigenvalue weighted by molar-refractivity contribution is -0.132. The van der Waals surface area contributed by atoms with E-state index in [0.717, 1.165) is 30.4 Å². The molecule has 1 heterocycles. The van der Waals surface area contributed by atoms with Crippen LogP contribution >= 0.6 is 0 Å². The third-order valence-electron chi connectivity index (χ3n) is 4.43. The first-order valence-electron chi connectivity index (χ1n) is 8.41. The first-order valence-corrected chi connectivity index (χ1v) is 8.41. The van der Waals surface area contributed by atoms with E-state index in [4.69, 9.17) is 10.00 Å². The van der Waals surface area contributed by atoms with E-state index >= 15 is 0 Å². The van der Waals surface area contributed by atoms with Crippen LogP contribution in [0.1, 0.15) is 18.4 Å². The Morgan fingerprint density at radius 2 is 2.00 bits per heavy atom. The highest BCUT2D eigenvalue weighted by Gasteiger charge is 2.14. The fourth-order valence-corrected chi connectivity index (χ4v) is 3.13. The van der Waals surface area contributed by atoms with Crippen LogP contribution in [0.15, 0.2) is 42.0 Å². The Labute approximate surface area is 146 Å². The predicted molar refractivity (Wildman–Crippen MR) is 96.3 cm³/mol. The highest BCUT2D eigenvalue weighted by Crippen LogP contribution is 2.30. The summed E-state index contributed by atoms with van der Waals surface area (Å²) in [7, 11) is 0. The zero-order chi connectivity index (χ0) is 17.6. The SMILES string of the molecule is N#CC(=Cc1c(OCCN2CCCC2)ccc2ccccc12)C(=O)O. The second-order valence-electron chi connectivity index (χ2n) is 6.07. The zero-order valence-electron chi connectivity index (χ0n) is 13.9. The molecule has 0 aromatic heterocycles. The molecular formula is C20H20N2O3. The van der Waals surface area contributed by atoms with E-state index in [-0.39, 0.29) is 5.57 Å². The minimum Gasteiger partial charge on any atom is -0.492 e. The number of nitrogens with zero attached hydrogens (tertiary/aromatic N) is 2. The second-order valence-corrected chi connectivity index (χ2v) is 6.07. The lowest BCUT2D eigenvalue weighted by atomic mass is 10.0. The number of hydrogen-bond acceptors (Lipinski definition) is 4. The topological polar surface area (TPSA) is 73.6 Å². The number of likely N-dealkylation sites (tertiary alicyclic amines) is 1. The van der Waals surface area contributed by atoms with Gasteiger partial charge in [0.2, 0.25) is 0 Å². The lowest BCUT2D eigenvalue weighted by Crippen LogP contribution is -2.25. The molecule has 0 aliphatic carbocycles. The number of hydrogen-bond donors (Lipinski definition) is 1. The number of benzene rings is 2. The second kappa shape index (κ2) is 7.82. The maximum atomic E-state index is 11.2. The van der Waals surface area contributed by atoms with Gasteiger partial charge in [0, 0.05) is 12.1 Å². The average Bonchev–Trinajstić information content (AvgIpc) is 3.13. The molecule has 1 aliphatic rings. The fourth-order valence-electron chi connectivity index (χ4n) is 3.13. The number of carboxylic acid groups (broad SMARTS) is 1. The van der Waals surface area contributed by atoms with E-state index in [1.807, 2.05) is 36.4 Å². The predicted octanol–water partition coefficient (Wildman–Crippen LogP) is 3.31. The van der Waals surface area contributed by atoms with Crippen molar-refractivity contribution in [2.45, 2.75) is 12.8 Å². The Morgan fingerprint density at radius 1 is 1.24 bits per heavy atom. The first kappa shape index (κ1) is 17.0. The molecule has 0 radical (unpaired) electrons. The van der Waals surface area contributed by atoms with Crippen molar-refractivity contribution in [2.24, 2.45) is 0 Å². The van der Waals surface area contributed by atoms with Crippen molar-refractivity contribution in [1.82, 2.24) is 4.90 Å². The molecule has 25 heavy (non-hydrogen) atoms. The van der Waals surface area contributed by atoms with E-state index in [1.165, 1.54) is 18.9 Å². The monoisotopic (exact) mass is 336 g/mol. The summed E-state index contributed by atoms with van der Waals surface area (Å²) in [5, 5.41) is 20.1. The van der Waals surface area contributed by atoms with E-state index < -0.39 is 5.97 Å². The average molecular weight is 336 g/mol. The van der Waals surface area contributed by atoms with Gasteiger partial charge in [-0.1, -0.05) is 30.3 Å². The molecule has 1 saturated heterocycles. The summed E-state index contributed by atoms with van der Waals surface area (Å²) in [6.07, 6.45) is 3.86. The molecule has 2 aromatic carbocycles. The van der Waals surface area contributed by atoms with Crippen molar-refractivity contribution in [3.05, 3.63) is 47.5 Å². The third kappa shape index (κ3) is 3.98. The molecule has 1 N–H and O–H groups in total. The van der Waals surface area contributed by atoms with Gasteiger partial charge in [-0.05, 0) is 48.8 Å².